The molecule has 106 valence electrons. The number of halogens is 3. The lowest BCUT2D eigenvalue weighted by Crippen LogP contribution is -2.41. The predicted octanol–water partition coefficient (Wildman–Crippen LogP) is 4.29. The van der Waals surface area contributed by atoms with Gasteiger partial charge >= 0.3 is 0 Å². The van der Waals surface area contributed by atoms with Crippen LogP contribution in [0, 0.1) is 0 Å². The molecule has 1 amide bonds. The van der Waals surface area contributed by atoms with Crippen molar-refractivity contribution in [3.8, 4) is 0 Å². The van der Waals surface area contributed by atoms with E-state index in [4.69, 9.17) is 4.74 Å². The molecule has 3 nitrogen and oxygen atoms in total. The van der Waals surface area contributed by atoms with Crippen molar-refractivity contribution < 1.29 is 9.53 Å². The first-order valence-electron chi connectivity index (χ1n) is 6.03. The molecular weight excluding hydrogens is 462 g/mol. The molecule has 19 heavy (non-hydrogen) atoms. The summed E-state index contributed by atoms with van der Waals surface area (Å²) in [4.78, 5) is 14.3. The third kappa shape index (κ3) is 4.27. The fraction of sp³-hybridized carbons (Fsp3) is 0.583. The van der Waals surface area contributed by atoms with Gasteiger partial charge in [-0.3, -0.25) is 4.79 Å². The number of likely N-dealkylation sites (tertiary alicyclic amines) is 1. The lowest BCUT2D eigenvalue weighted by molar-refractivity contribution is 0.0160. The van der Waals surface area contributed by atoms with E-state index in [1.54, 1.807) is 0 Å². The highest BCUT2D eigenvalue weighted by Crippen LogP contribution is 2.33. The number of ether oxygens (including phenoxy) is 1. The van der Waals surface area contributed by atoms with Crippen molar-refractivity contribution in [1.82, 2.24) is 4.90 Å². The van der Waals surface area contributed by atoms with Gasteiger partial charge in [0, 0.05) is 18.4 Å². The van der Waals surface area contributed by atoms with Crippen LogP contribution in [0.1, 0.15) is 23.2 Å². The number of carbonyl (C=O) groups excluding carboxylic acids is 1. The van der Waals surface area contributed by atoms with Gasteiger partial charge in [-0.25, -0.2) is 0 Å². The van der Waals surface area contributed by atoms with Crippen molar-refractivity contribution in [1.29, 1.82) is 0 Å². The topological polar surface area (TPSA) is 29.5 Å². The van der Waals surface area contributed by atoms with E-state index in [1.165, 1.54) is 11.3 Å². The van der Waals surface area contributed by atoms with Crippen LogP contribution >= 0.6 is 59.1 Å². The smallest absolute Gasteiger partial charge is 0.255 e. The maximum absolute atomic E-state index is 12.4. The first kappa shape index (κ1) is 15.9. The highest BCUT2D eigenvalue weighted by Gasteiger charge is 2.25. The van der Waals surface area contributed by atoms with Crippen LogP contribution < -0.4 is 0 Å². The van der Waals surface area contributed by atoms with Gasteiger partial charge in [-0.2, -0.15) is 0 Å². The Balaban J connectivity index is 1.91. The molecule has 0 N–H and O–H groups in total. The average Bonchev–Trinajstić information content (AvgIpc) is 2.75. The van der Waals surface area contributed by atoms with E-state index >= 15 is 0 Å². The SMILES string of the molecule is O=C(c1cc(Br)sc1Br)N1CCC(OCCBr)CC1. The van der Waals surface area contributed by atoms with E-state index in [9.17, 15) is 4.79 Å². The normalized spacial score (nSPS) is 16.9. The minimum Gasteiger partial charge on any atom is -0.377 e. The summed E-state index contributed by atoms with van der Waals surface area (Å²) in [5.74, 6) is 0.104. The van der Waals surface area contributed by atoms with Crippen molar-refractivity contribution in [2.24, 2.45) is 0 Å². The highest BCUT2D eigenvalue weighted by atomic mass is 79.9. The van der Waals surface area contributed by atoms with Gasteiger partial charge in [0.2, 0.25) is 0 Å². The molecule has 0 saturated carbocycles. The zero-order valence-electron chi connectivity index (χ0n) is 10.2. The van der Waals surface area contributed by atoms with Crippen molar-refractivity contribution >= 4 is 65.0 Å². The molecule has 0 bridgehead atoms. The second-order valence-corrected chi connectivity index (χ2v) is 8.83. The molecule has 0 atom stereocenters. The van der Waals surface area contributed by atoms with Crippen molar-refractivity contribution in [3.63, 3.8) is 0 Å². The van der Waals surface area contributed by atoms with Gasteiger partial charge in [-0.05, 0) is 50.8 Å². The molecule has 0 radical (unpaired) electrons. The van der Waals surface area contributed by atoms with Crippen LogP contribution in [0.4, 0.5) is 0 Å². The number of piperidine rings is 1. The highest BCUT2D eigenvalue weighted by molar-refractivity contribution is 9.12. The quantitative estimate of drug-likeness (QED) is 0.608. The number of nitrogens with zero attached hydrogens (tertiary/aromatic N) is 1. The molecule has 1 aromatic heterocycles. The van der Waals surface area contributed by atoms with Gasteiger partial charge < -0.3 is 9.64 Å². The van der Waals surface area contributed by atoms with E-state index in [-0.39, 0.29) is 5.91 Å². The van der Waals surface area contributed by atoms with Gasteiger partial charge in [0.25, 0.3) is 5.91 Å². The van der Waals surface area contributed by atoms with Crippen molar-refractivity contribution in [2.75, 3.05) is 25.0 Å². The zero-order valence-corrected chi connectivity index (χ0v) is 15.8. The number of rotatable bonds is 4. The standard InChI is InChI=1S/C12H14Br3NO2S/c13-3-6-18-8-1-4-16(5-2-8)12(17)9-7-10(14)19-11(9)15/h7-8H,1-6H2. The maximum atomic E-state index is 12.4. The van der Waals surface area contributed by atoms with Crippen LogP contribution in [0.5, 0.6) is 0 Å². The minimum atomic E-state index is 0.104. The van der Waals surface area contributed by atoms with Gasteiger partial charge in [-0.1, -0.05) is 15.9 Å². The molecule has 7 heteroatoms. The molecule has 1 saturated heterocycles. The zero-order chi connectivity index (χ0) is 13.8. The fourth-order valence-electron chi connectivity index (χ4n) is 2.09. The van der Waals surface area contributed by atoms with Crippen LogP contribution in [0.3, 0.4) is 0 Å². The van der Waals surface area contributed by atoms with Gasteiger partial charge in [0.05, 0.1) is 25.8 Å². The molecule has 1 fully saturated rings. The summed E-state index contributed by atoms with van der Waals surface area (Å²) in [5.41, 5.74) is 0.747. The Labute approximate surface area is 142 Å². The van der Waals surface area contributed by atoms with Crippen molar-refractivity contribution in [3.05, 3.63) is 19.2 Å². The summed E-state index contributed by atoms with van der Waals surface area (Å²) >= 11 is 11.7. The maximum Gasteiger partial charge on any atom is 0.255 e. The molecule has 0 aromatic carbocycles. The Kier molecular flexibility index (Phi) is 6.33. The van der Waals surface area contributed by atoms with Crippen LogP contribution in [0.2, 0.25) is 0 Å². The largest absolute Gasteiger partial charge is 0.377 e. The molecule has 2 heterocycles. The predicted molar refractivity (Wildman–Crippen MR) is 88.4 cm³/mol. The summed E-state index contributed by atoms with van der Waals surface area (Å²) in [6.07, 6.45) is 2.13. The summed E-state index contributed by atoms with van der Waals surface area (Å²) in [5, 5.41) is 0.863. The average molecular weight is 476 g/mol. The Morgan fingerprint density at radius 2 is 2.11 bits per heavy atom. The third-order valence-corrected chi connectivity index (χ3v) is 5.71. The van der Waals surface area contributed by atoms with E-state index in [2.05, 4.69) is 47.8 Å². The van der Waals surface area contributed by atoms with E-state index < -0.39 is 0 Å². The number of amides is 1. The summed E-state index contributed by atoms with van der Waals surface area (Å²) < 4.78 is 7.56. The van der Waals surface area contributed by atoms with E-state index in [0.29, 0.717) is 6.10 Å². The number of thiophene rings is 1. The third-order valence-electron chi connectivity index (χ3n) is 3.05. The molecule has 0 aliphatic carbocycles. The first-order valence-corrected chi connectivity index (χ1v) is 9.56. The molecular formula is C12H14Br3NO2S. The number of hydrogen-bond acceptors (Lipinski definition) is 3. The second-order valence-electron chi connectivity index (χ2n) is 4.29. The summed E-state index contributed by atoms with van der Waals surface area (Å²) in [7, 11) is 0. The minimum absolute atomic E-state index is 0.104. The molecule has 2 rings (SSSR count). The summed E-state index contributed by atoms with van der Waals surface area (Å²) in [6.45, 7) is 2.28. The monoisotopic (exact) mass is 473 g/mol. The summed E-state index contributed by atoms with van der Waals surface area (Å²) in [6, 6.07) is 1.88. The Bertz CT molecular complexity index is 444. The first-order chi connectivity index (χ1) is 9.11. The Morgan fingerprint density at radius 3 is 2.63 bits per heavy atom. The molecule has 1 aliphatic heterocycles. The Hall–Kier alpha value is 0.570. The molecule has 1 aliphatic rings. The van der Waals surface area contributed by atoms with Crippen LogP contribution in [-0.2, 0) is 4.74 Å². The van der Waals surface area contributed by atoms with Crippen LogP contribution in [0.15, 0.2) is 13.6 Å². The molecule has 0 spiro atoms. The number of alkyl halides is 1. The van der Waals surface area contributed by atoms with Crippen LogP contribution in [-0.4, -0.2) is 41.9 Å². The Morgan fingerprint density at radius 1 is 1.42 bits per heavy atom. The lowest BCUT2D eigenvalue weighted by atomic mass is 10.1. The van der Waals surface area contributed by atoms with Gasteiger partial charge in [-0.15, -0.1) is 11.3 Å². The number of hydrogen-bond donors (Lipinski definition) is 0. The fourth-order valence-corrected chi connectivity index (χ4v) is 5.06. The molecule has 0 unspecified atom stereocenters. The van der Waals surface area contributed by atoms with E-state index in [1.807, 2.05) is 11.0 Å². The van der Waals surface area contributed by atoms with E-state index in [0.717, 1.165) is 51.0 Å². The van der Waals surface area contributed by atoms with Gasteiger partial charge in [0.15, 0.2) is 0 Å². The second kappa shape index (κ2) is 7.54. The van der Waals surface area contributed by atoms with Crippen LogP contribution in [0.25, 0.3) is 0 Å². The molecule has 1 aromatic rings. The number of carbonyl (C=O) groups is 1. The van der Waals surface area contributed by atoms with Gasteiger partial charge in [0.1, 0.15) is 0 Å². The van der Waals surface area contributed by atoms with Crippen molar-refractivity contribution in [2.45, 2.75) is 18.9 Å². The lowest BCUT2D eigenvalue weighted by Gasteiger charge is -2.31.